The minimum absolute atomic E-state index is 0.0570. The van der Waals surface area contributed by atoms with Crippen LogP contribution in [0.1, 0.15) is 47.0 Å². The van der Waals surface area contributed by atoms with Crippen LogP contribution in [0, 0.1) is 10.8 Å². The van der Waals surface area contributed by atoms with Crippen LogP contribution >= 0.6 is 27.5 Å². The van der Waals surface area contributed by atoms with Gasteiger partial charge in [-0.05, 0) is 64.2 Å². The Morgan fingerprint density at radius 2 is 1.71 bits per heavy atom. The molecule has 0 spiro atoms. The van der Waals surface area contributed by atoms with E-state index in [1.54, 1.807) is 0 Å². The van der Waals surface area contributed by atoms with Gasteiger partial charge in [-0.1, -0.05) is 39.3 Å². The van der Waals surface area contributed by atoms with Crippen LogP contribution in [0.25, 0.3) is 0 Å². The summed E-state index contributed by atoms with van der Waals surface area (Å²) >= 11 is 9.58. The minimum Gasteiger partial charge on any atom is -0.378 e. The van der Waals surface area contributed by atoms with E-state index < -0.39 is 0 Å². The van der Waals surface area contributed by atoms with E-state index in [4.69, 9.17) is 17.3 Å². The molecule has 0 aliphatic heterocycles. The van der Waals surface area contributed by atoms with Crippen LogP contribution in [-0.4, -0.2) is 12.1 Å². The van der Waals surface area contributed by atoms with Crippen LogP contribution in [0.5, 0.6) is 0 Å². The van der Waals surface area contributed by atoms with Crippen molar-refractivity contribution in [1.29, 1.82) is 0 Å². The Kier molecular flexibility index (Phi) is 4.68. The number of rotatable bonds is 3. The maximum absolute atomic E-state index is 6.20. The molecule has 1 fully saturated rings. The van der Waals surface area contributed by atoms with Crippen LogP contribution in [0.4, 0.5) is 5.69 Å². The largest absolute Gasteiger partial charge is 0.378 e. The van der Waals surface area contributed by atoms with Crippen LogP contribution in [0.3, 0.4) is 0 Å². The molecule has 0 bridgehead atoms. The highest BCUT2D eigenvalue weighted by Gasteiger charge is 2.46. The molecule has 21 heavy (non-hydrogen) atoms. The molecule has 2 nitrogen and oxygen atoms in total. The summed E-state index contributed by atoms with van der Waals surface area (Å²) in [6, 6.07) is 5.98. The quantitative estimate of drug-likeness (QED) is 0.739. The molecule has 0 amide bonds. The molecule has 1 aliphatic rings. The Morgan fingerprint density at radius 1 is 1.14 bits per heavy atom. The Hall–Kier alpha value is -0.250. The summed E-state index contributed by atoms with van der Waals surface area (Å²) in [7, 11) is 0. The predicted octanol–water partition coefficient (Wildman–Crippen LogP) is 5.45. The lowest BCUT2D eigenvalue weighted by Gasteiger charge is -2.52. The SMILES string of the molecule is CC1(C)CC(C)(C)CC(CN)(Nc2ccc(Cl)c(Br)c2)C1. The third kappa shape index (κ3) is 4.14. The first-order chi connectivity index (χ1) is 9.56. The van der Waals surface area contributed by atoms with Gasteiger partial charge in [0.15, 0.2) is 0 Å². The normalized spacial score (nSPS) is 22.8. The number of benzene rings is 1. The van der Waals surface area contributed by atoms with Gasteiger partial charge in [0, 0.05) is 16.7 Å². The third-order valence-corrected chi connectivity index (χ3v) is 5.52. The molecule has 0 aromatic heterocycles. The Morgan fingerprint density at radius 3 is 2.19 bits per heavy atom. The third-order valence-electron chi connectivity index (χ3n) is 4.31. The summed E-state index contributed by atoms with van der Waals surface area (Å²) < 4.78 is 0.913. The Labute approximate surface area is 142 Å². The summed E-state index contributed by atoms with van der Waals surface area (Å²) in [6.07, 6.45) is 3.40. The predicted molar refractivity (Wildman–Crippen MR) is 96.0 cm³/mol. The van der Waals surface area contributed by atoms with Gasteiger partial charge in [-0.2, -0.15) is 0 Å². The second-order valence-electron chi connectivity index (χ2n) is 8.10. The summed E-state index contributed by atoms with van der Waals surface area (Å²) in [5, 5.41) is 4.44. The average molecular weight is 374 g/mol. The lowest BCUT2D eigenvalue weighted by Crippen LogP contribution is -2.55. The van der Waals surface area contributed by atoms with Crippen LogP contribution in [-0.2, 0) is 0 Å². The molecule has 0 atom stereocenters. The number of hydrogen-bond acceptors (Lipinski definition) is 2. The molecule has 3 N–H and O–H groups in total. The van der Waals surface area contributed by atoms with E-state index in [9.17, 15) is 0 Å². The molecule has 1 aromatic carbocycles. The average Bonchev–Trinajstić information content (AvgIpc) is 2.30. The number of anilines is 1. The van der Waals surface area contributed by atoms with Gasteiger partial charge in [0.25, 0.3) is 0 Å². The van der Waals surface area contributed by atoms with E-state index in [2.05, 4.69) is 48.9 Å². The monoisotopic (exact) mass is 372 g/mol. The van der Waals surface area contributed by atoms with E-state index in [1.165, 1.54) is 6.42 Å². The lowest BCUT2D eigenvalue weighted by atomic mass is 9.58. The zero-order chi connectivity index (χ0) is 15.9. The molecule has 1 aromatic rings. The highest BCUT2D eigenvalue weighted by Crippen LogP contribution is 2.50. The fraction of sp³-hybridized carbons (Fsp3) is 0.647. The minimum atomic E-state index is -0.0570. The highest BCUT2D eigenvalue weighted by atomic mass is 79.9. The first kappa shape index (κ1) is 17.1. The van der Waals surface area contributed by atoms with Crippen molar-refractivity contribution >= 4 is 33.2 Å². The van der Waals surface area contributed by atoms with Crippen molar-refractivity contribution in [3.8, 4) is 0 Å². The summed E-state index contributed by atoms with van der Waals surface area (Å²) in [4.78, 5) is 0. The van der Waals surface area contributed by atoms with Gasteiger partial charge in [0.2, 0.25) is 0 Å². The van der Waals surface area contributed by atoms with Gasteiger partial charge in [0.1, 0.15) is 0 Å². The van der Waals surface area contributed by atoms with Crippen LogP contribution < -0.4 is 11.1 Å². The van der Waals surface area contributed by atoms with E-state index in [1.807, 2.05) is 18.2 Å². The van der Waals surface area contributed by atoms with Gasteiger partial charge < -0.3 is 11.1 Å². The zero-order valence-electron chi connectivity index (χ0n) is 13.4. The fourth-order valence-corrected chi connectivity index (χ4v) is 4.98. The first-order valence-corrected chi connectivity index (χ1v) is 8.67. The number of nitrogens with one attached hydrogen (secondary N) is 1. The van der Waals surface area contributed by atoms with Crippen molar-refractivity contribution in [3.05, 3.63) is 27.7 Å². The first-order valence-electron chi connectivity index (χ1n) is 7.50. The summed E-state index contributed by atoms with van der Waals surface area (Å²) in [5.41, 5.74) is 7.79. The van der Waals surface area contributed by atoms with Crippen molar-refractivity contribution in [1.82, 2.24) is 0 Å². The second kappa shape index (κ2) is 5.75. The molecular weight excluding hydrogens is 348 g/mol. The van der Waals surface area contributed by atoms with Gasteiger partial charge in [-0.25, -0.2) is 0 Å². The molecule has 0 radical (unpaired) electrons. The van der Waals surface area contributed by atoms with E-state index >= 15 is 0 Å². The van der Waals surface area contributed by atoms with Gasteiger partial charge in [0.05, 0.1) is 10.6 Å². The molecular formula is C17H26BrClN2. The lowest BCUT2D eigenvalue weighted by molar-refractivity contribution is 0.0623. The molecule has 0 unspecified atom stereocenters. The smallest absolute Gasteiger partial charge is 0.0549 e. The van der Waals surface area contributed by atoms with E-state index in [-0.39, 0.29) is 16.4 Å². The number of halogens is 2. The van der Waals surface area contributed by atoms with Crippen molar-refractivity contribution in [2.45, 2.75) is 52.5 Å². The molecule has 4 heteroatoms. The zero-order valence-corrected chi connectivity index (χ0v) is 15.7. The molecule has 0 heterocycles. The fourth-order valence-electron chi connectivity index (χ4n) is 4.48. The van der Waals surface area contributed by atoms with Crippen molar-refractivity contribution in [3.63, 3.8) is 0 Å². The van der Waals surface area contributed by atoms with Crippen LogP contribution in [0.15, 0.2) is 22.7 Å². The Bertz CT molecular complexity index is 510. The number of hydrogen-bond donors (Lipinski definition) is 2. The Balaban J connectivity index is 2.30. The van der Waals surface area contributed by atoms with Gasteiger partial charge in [-0.3, -0.25) is 0 Å². The highest BCUT2D eigenvalue weighted by molar-refractivity contribution is 9.10. The standard InChI is InChI=1S/C17H26BrClN2/c1-15(2)8-16(3,4)10-17(9-15,11-20)21-12-5-6-14(19)13(18)7-12/h5-7,21H,8-11,20H2,1-4H3. The maximum atomic E-state index is 6.20. The summed E-state index contributed by atoms with van der Waals surface area (Å²) in [5.74, 6) is 0. The second-order valence-corrected chi connectivity index (χ2v) is 9.36. The molecule has 1 saturated carbocycles. The topological polar surface area (TPSA) is 38.0 Å². The van der Waals surface area contributed by atoms with Gasteiger partial charge >= 0.3 is 0 Å². The summed E-state index contributed by atoms with van der Waals surface area (Å²) in [6.45, 7) is 10.0. The van der Waals surface area contributed by atoms with Crippen LogP contribution in [0.2, 0.25) is 5.02 Å². The molecule has 1 aliphatic carbocycles. The van der Waals surface area contributed by atoms with Crippen molar-refractivity contribution in [2.75, 3.05) is 11.9 Å². The van der Waals surface area contributed by atoms with E-state index in [0.717, 1.165) is 28.0 Å². The van der Waals surface area contributed by atoms with Gasteiger partial charge in [-0.15, -0.1) is 0 Å². The maximum Gasteiger partial charge on any atom is 0.0549 e. The molecule has 2 rings (SSSR count). The molecule has 118 valence electrons. The van der Waals surface area contributed by atoms with Crippen molar-refractivity contribution < 1.29 is 0 Å². The van der Waals surface area contributed by atoms with E-state index in [0.29, 0.717) is 6.54 Å². The molecule has 0 saturated heterocycles. The number of nitrogens with two attached hydrogens (primary N) is 1. The van der Waals surface area contributed by atoms with Crippen molar-refractivity contribution in [2.24, 2.45) is 16.6 Å².